The largest absolute Gasteiger partial charge is 0.492 e. The van der Waals surface area contributed by atoms with Crippen molar-refractivity contribution in [2.24, 2.45) is 0 Å². The smallest absolute Gasteiger partial charge is 0.138 e. The van der Waals surface area contributed by atoms with E-state index in [0.717, 1.165) is 11.5 Å². The predicted molar refractivity (Wildman–Crippen MR) is 126 cm³/mol. The fraction of sp³-hybridized carbons (Fsp3) is 0.182. The highest BCUT2D eigenvalue weighted by molar-refractivity contribution is 7.27. The summed E-state index contributed by atoms with van der Waals surface area (Å²) in [5.74, 6) is 1.97. The average molecular weight is 443 g/mol. The van der Waals surface area contributed by atoms with Crippen molar-refractivity contribution in [2.75, 3.05) is 13.2 Å². The fourth-order valence-corrected chi connectivity index (χ4v) is 7.42. The van der Waals surface area contributed by atoms with Gasteiger partial charge in [-0.05, 0) is 61.0 Å². The molecule has 0 bridgehead atoms. The topological polar surface area (TPSA) is 18.5 Å². The molecule has 2 nitrogen and oxygen atoms in total. The summed E-state index contributed by atoms with van der Waals surface area (Å²) in [6.07, 6.45) is 0. The van der Waals surface area contributed by atoms with E-state index in [1.54, 1.807) is 22.7 Å². The molecule has 0 aliphatic heterocycles. The molecule has 0 saturated heterocycles. The van der Waals surface area contributed by atoms with E-state index in [0.29, 0.717) is 13.2 Å². The second kappa shape index (κ2) is 7.52. The van der Waals surface area contributed by atoms with Crippen molar-refractivity contribution in [1.29, 1.82) is 0 Å². The van der Waals surface area contributed by atoms with E-state index in [1.165, 1.54) is 39.7 Å². The third kappa shape index (κ3) is 3.05. The SMILES string of the molecule is CCOc1ccsc1-c1cc2c(ccc3sc(-c4sccc4OCC)cc32)s1. The molecule has 0 aliphatic carbocycles. The summed E-state index contributed by atoms with van der Waals surface area (Å²) in [4.78, 5) is 5.01. The predicted octanol–water partition coefficient (Wildman–Crippen LogP) is 8.37. The lowest BCUT2D eigenvalue weighted by atomic mass is 10.1. The van der Waals surface area contributed by atoms with Crippen molar-refractivity contribution in [3.05, 3.63) is 47.2 Å². The monoisotopic (exact) mass is 442 g/mol. The third-order valence-corrected chi connectivity index (χ3v) is 8.86. The van der Waals surface area contributed by atoms with Gasteiger partial charge in [-0.25, -0.2) is 0 Å². The molecule has 0 spiro atoms. The van der Waals surface area contributed by atoms with Crippen molar-refractivity contribution >= 4 is 65.5 Å². The molecule has 142 valence electrons. The number of hydrogen-bond acceptors (Lipinski definition) is 6. The highest BCUT2D eigenvalue weighted by atomic mass is 32.1. The van der Waals surface area contributed by atoms with E-state index in [1.807, 2.05) is 36.5 Å². The Hall–Kier alpha value is -1.86. The van der Waals surface area contributed by atoms with Crippen molar-refractivity contribution in [2.45, 2.75) is 13.8 Å². The number of fused-ring (bicyclic) bond motifs is 3. The first kappa shape index (κ1) is 18.2. The molecule has 1 aromatic carbocycles. The minimum absolute atomic E-state index is 0.690. The van der Waals surface area contributed by atoms with Gasteiger partial charge in [-0.2, -0.15) is 0 Å². The summed E-state index contributed by atoms with van der Waals surface area (Å²) in [5.41, 5.74) is 0. The summed E-state index contributed by atoms with van der Waals surface area (Å²) >= 11 is 7.18. The molecule has 5 rings (SSSR count). The molecular weight excluding hydrogens is 425 g/mol. The Morgan fingerprint density at radius 2 is 1.14 bits per heavy atom. The van der Waals surface area contributed by atoms with Gasteiger partial charge in [0.15, 0.2) is 0 Å². The van der Waals surface area contributed by atoms with Crippen LogP contribution in [0.3, 0.4) is 0 Å². The van der Waals surface area contributed by atoms with Gasteiger partial charge in [-0.15, -0.1) is 45.3 Å². The zero-order chi connectivity index (χ0) is 19.1. The summed E-state index contributed by atoms with van der Waals surface area (Å²) < 4.78 is 14.3. The van der Waals surface area contributed by atoms with Crippen LogP contribution in [0.15, 0.2) is 47.2 Å². The molecule has 0 fully saturated rings. The Bertz CT molecular complexity index is 1160. The summed E-state index contributed by atoms with van der Waals surface area (Å²) in [6, 6.07) is 13.3. The summed E-state index contributed by atoms with van der Waals surface area (Å²) in [7, 11) is 0. The van der Waals surface area contributed by atoms with Crippen LogP contribution in [0.1, 0.15) is 13.8 Å². The van der Waals surface area contributed by atoms with Crippen LogP contribution in [0.4, 0.5) is 0 Å². The van der Waals surface area contributed by atoms with Crippen LogP contribution in [-0.2, 0) is 0 Å². The van der Waals surface area contributed by atoms with Crippen LogP contribution in [0.5, 0.6) is 11.5 Å². The van der Waals surface area contributed by atoms with Gasteiger partial charge >= 0.3 is 0 Å². The van der Waals surface area contributed by atoms with Gasteiger partial charge in [0, 0.05) is 29.9 Å². The maximum absolute atomic E-state index is 5.81. The average Bonchev–Trinajstić information content (AvgIpc) is 3.46. The quantitative estimate of drug-likeness (QED) is 0.263. The first-order valence-corrected chi connectivity index (χ1v) is 12.5. The fourth-order valence-electron chi connectivity index (χ4n) is 3.35. The lowest BCUT2D eigenvalue weighted by molar-refractivity contribution is 0.343. The Morgan fingerprint density at radius 3 is 1.57 bits per heavy atom. The Kier molecular flexibility index (Phi) is 4.88. The second-order valence-electron chi connectivity index (χ2n) is 6.20. The number of benzene rings is 1. The van der Waals surface area contributed by atoms with Gasteiger partial charge in [0.2, 0.25) is 0 Å². The Morgan fingerprint density at radius 1 is 0.679 bits per heavy atom. The lowest BCUT2D eigenvalue weighted by Crippen LogP contribution is -1.89. The minimum atomic E-state index is 0.690. The number of thiophene rings is 4. The van der Waals surface area contributed by atoms with E-state index < -0.39 is 0 Å². The van der Waals surface area contributed by atoms with Crippen molar-refractivity contribution in [3.63, 3.8) is 0 Å². The molecule has 0 N–H and O–H groups in total. The van der Waals surface area contributed by atoms with Crippen LogP contribution in [0.25, 0.3) is 39.7 Å². The van der Waals surface area contributed by atoms with Crippen LogP contribution in [0, 0.1) is 0 Å². The Balaban J connectivity index is 1.64. The van der Waals surface area contributed by atoms with Crippen molar-refractivity contribution in [3.8, 4) is 31.0 Å². The molecule has 0 saturated carbocycles. The molecule has 4 aromatic heterocycles. The van der Waals surface area contributed by atoms with Gasteiger partial charge in [-0.1, -0.05) is 0 Å². The maximum atomic E-state index is 5.81. The lowest BCUT2D eigenvalue weighted by Gasteiger charge is -2.02. The van der Waals surface area contributed by atoms with Gasteiger partial charge < -0.3 is 9.47 Å². The molecule has 0 radical (unpaired) electrons. The second-order valence-corrected chi connectivity index (χ2v) is 10.2. The van der Waals surface area contributed by atoms with E-state index in [2.05, 4.69) is 47.2 Å². The molecular formula is C22H18O2S4. The molecule has 0 amide bonds. The van der Waals surface area contributed by atoms with Gasteiger partial charge in [-0.3, -0.25) is 0 Å². The maximum Gasteiger partial charge on any atom is 0.138 e. The van der Waals surface area contributed by atoms with Crippen LogP contribution < -0.4 is 9.47 Å². The zero-order valence-corrected chi connectivity index (χ0v) is 18.7. The van der Waals surface area contributed by atoms with Crippen molar-refractivity contribution in [1.82, 2.24) is 0 Å². The summed E-state index contributed by atoms with van der Waals surface area (Å²) in [5, 5.41) is 6.86. The van der Waals surface area contributed by atoms with Gasteiger partial charge in [0.25, 0.3) is 0 Å². The first-order valence-electron chi connectivity index (χ1n) is 9.16. The normalized spacial score (nSPS) is 11.5. The number of rotatable bonds is 6. The minimum Gasteiger partial charge on any atom is -0.492 e. The molecule has 6 heteroatoms. The molecule has 5 aromatic rings. The molecule has 28 heavy (non-hydrogen) atoms. The van der Waals surface area contributed by atoms with Crippen molar-refractivity contribution < 1.29 is 9.47 Å². The van der Waals surface area contributed by atoms with Crippen LogP contribution in [-0.4, -0.2) is 13.2 Å². The molecule has 0 atom stereocenters. The van der Waals surface area contributed by atoms with Crippen LogP contribution in [0.2, 0.25) is 0 Å². The number of hydrogen-bond donors (Lipinski definition) is 0. The van der Waals surface area contributed by atoms with E-state index >= 15 is 0 Å². The van der Waals surface area contributed by atoms with E-state index in [-0.39, 0.29) is 0 Å². The molecule has 4 heterocycles. The highest BCUT2D eigenvalue weighted by Crippen LogP contribution is 2.47. The molecule has 0 unspecified atom stereocenters. The zero-order valence-electron chi connectivity index (χ0n) is 15.5. The first-order chi connectivity index (χ1) is 13.8. The van der Waals surface area contributed by atoms with E-state index in [4.69, 9.17) is 9.47 Å². The standard InChI is InChI=1S/C22H18O2S4/c1-3-23-15-7-9-25-21(15)19-11-13-14-12-20(22-16(24-4-2)8-10-26-22)28-18(14)6-5-17(13)27-19/h5-12H,3-4H2,1-2H3. The number of ether oxygens (including phenoxy) is 2. The van der Waals surface area contributed by atoms with E-state index in [9.17, 15) is 0 Å². The Labute approximate surface area is 179 Å². The van der Waals surface area contributed by atoms with Gasteiger partial charge in [0.05, 0.1) is 23.0 Å². The van der Waals surface area contributed by atoms with Crippen LogP contribution >= 0.6 is 45.3 Å². The summed E-state index contributed by atoms with van der Waals surface area (Å²) in [6.45, 7) is 5.44. The molecule has 0 aliphatic rings. The van der Waals surface area contributed by atoms with Gasteiger partial charge in [0.1, 0.15) is 11.5 Å². The highest BCUT2D eigenvalue weighted by Gasteiger charge is 2.16. The third-order valence-electron chi connectivity index (χ3n) is 4.50.